The Morgan fingerprint density at radius 3 is 2.93 bits per heavy atom. The van der Waals surface area contributed by atoms with E-state index in [4.69, 9.17) is 0 Å². The van der Waals surface area contributed by atoms with Gasteiger partial charge in [-0.2, -0.15) is 0 Å². The van der Waals surface area contributed by atoms with Crippen LogP contribution in [0.5, 0.6) is 0 Å². The predicted octanol–water partition coefficient (Wildman–Crippen LogP) is 3.67. The lowest BCUT2D eigenvalue weighted by molar-refractivity contribution is 0.557. The zero-order valence-corrected chi connectivity index (χ0v) is 8.80. The van der Waals surface area contributed by atoms with E-state index in [2.05, 4.69) is 5.32 Å². The zero-order valence-electron chi connectivity index (χ0n) is 8.80. The molecule has 2 atom stereocenters. The van der Waals surface area contributed by atoms with E-state index in [1.54, 1.807) is 12.1 Å². The van der Waals surface area contributed by atoms with Crippen LogP contribution in [0.25, 0.3) is 0 Å². The number of benzene rings is 1. The molecule has 15 heavy (non-hydrogen) atoms. The molecule has 0 aromatic heterocycles. The van der Waals surface area contributed by atoms with E-state index < -0.39 is 0 Å². The van der Waals surface area contributed by atoms with E-state index in [1.807, 2.05) is 6.07 Å². The van der Waals surface area contributed by atoms with Crippen molar-refractivity contribution >= 4 is 5.69 Å². The largest absolute Gasteiger partial charge is 0.381 e. The summed E-state index contributed by atoms with van der Waals surface area (Å²) >= 11 is 0. The highest BCUT2D eigenvalue weighted by Crippen LogP contribution is 2.42. The minimum absolute atomic E-state index is 0.0968. The maximum Gasteiger partial charge on any atom is 0.123 e. The second-order valence-corrected chi connectivity index (χ2v) is 4.73. The van der Waals surface area contributed by atoms with Gasteiger partial charge >= 0.3 is 0 Å². The van der Waals surface area contributed by atoms with Crippen molar-refractivity contribution in [2.24, 2.45) is 0 Å². The molecule has 1 aliphatic heterocycles. The normalized spacial score (nSPS) is 28.9. The van der Waals surface area contributed by atoms with Crippen LogP contribution in [0.4, 0.5) is 10.1 Å². The first-order valence-corrected chi connectivity index (χ1v) is 5.90. The number of fused-ring (bicyclic) bond motifs is 3. The number of nitrogens with one attached hydrogen (secondary N) is 1. The highest BCUT2D eigenvalue weighted by Gasteiger charge is 2.32. The van der Waals surface area contributed by atoms with Crippen molar-refractivity contribution in [2.45, 2.75) is 44.1 Å². The van der Waals surface area contributed by atoms with Crippen LogP contribution in [-0.4, -0.2) is 6.04 Å². The monoisotopic (exact) mass is 205 g/mol. The molecule has 0 saturated heterocycles. The third-order valence-corrected chi connectivity index (χ3v) is 3.77. The van der Waals surface area contributed by atoms with Crippen LogP contribution in [0.15, 0.2) is 18.2 Å². The molecule has 2 heteroatoms. The molecule has 3 rings (SSSR count). The Hall–Kier alpha value is -1.05. The van der Waals surface area contributed by atoms with E-state index in [1.165, 1.54) is 37.7 Å². The Labute approximate surface area is 89.7 Å². The van der Waals surface area contributed by atoms with Gasteiger partial charge in [-0.3, -0.25) is 0 Å². The summed E-state index contributed by atoms with van der Waals surface area (Å²) in [5, 5.41) is 3.54. The predicted molar refractivity (Wildman–Crippen MR) is 59.6 cm³/mol. The van der Waals surface area contributed by atoms with Gasteiger partial charge in [0, 0.05) is 17.6 Å². The SMILES string of the molecule is Fc1ccc2c(c1)[C@@H]1CCCCC[C@@H]1N2. The van der Waals surface area contributed by atoms with Crippen LogP contribution in [0.3, 0.4) is 0 Å². The molecule has 80 valence electrons. The van der Waals surface area contributed by atoms with Gasteiger partial charge in [-0.1, -0.05) is 19.3 Å². The molecule has 2 aliphatic rings. The molecule has 0 unspecified atom stereocenters. The van der Waals surface area contributed by atoms with E-state index in [-0.39, 0.29) is 5.82 Å². The van der Waals surface area contributed by atoms with Gasteiger partial charge in [-0.15, -0.1) is 0 Å². The third kappa shape index (κ3) is 1.52. The lowest BCUT2D eigenvalue weighted by Crippen LogP contribution is -2.18. The summed E-state index contributed by atoms with van der Waals surface area (Å²) in [7, 11) is 0. The van der Waals surface area contributed by atoms with Gasteiger partial charge in [0.2, 0.25) is 0 Å². The summed E-state index contributed by atoms with van der Waals surface area (Å²) in [6.45, 7) is 0. The van der Waals surface area contributed by atoms with E-state index in [9.17, 15) is 4.39 Å². The Balaban J connectivity index is 1.98. The fraction of sp³-hybridized carbons (Fsp3) is 0.538. The lowest BCUT2D eigenvalue weighted by Gasteiger charge is -2.16. The van der Waals surface area contributed by atoms with E-state index in [0.717, 1.165) is 5.69 Å². The average Bonchev–Trinajstić information content (AvgIpc) is 2.44. The molecule has 1 aromatic carbocycles. The number of hydrogen-bond donors (Lipinski definition) is 1. The summed E-state index contributed by atoms with van der Waals surface area (Å²) < 4.78 is 13.2. The first kappa shape index (κ1) is 9.20. The second kappa shape index (κ2) is 3.51. The van der Waals surface area contributed by atoms with Crippen molar-refractivity contribution in [1.29, 1.82) is 0 Å². The molecule has 1 N–H and O–H groups in total. The number of rotatable bonds is 0. The van der Waals surface area contributed by atoms with Crippen LogP contribution in [0.2, 0.25) is 0 Å². The van der Waals surface area contributed by atoms with E-state index >= 15 is 0 Å². The van der Waals surface area contributed by atoms with Crippen LogP contribution in [0.1, 0.15) is 43.6 Å². The maximum absolute atomic E-state index is 13.2. The van der Waals surface area contributed by atoms with Gasteiger partial charge in [0.15, 0.2) is 0 Å². The standard InChI is InChI=1S/C13H16FN/c14-9-6-7-13-11(8-9)10-4-2-1-3-5-12(10)15-13/h6-8,10,12,15H,1-5H2/t10-,12-/m0/s1. The minimum Gasteiger partial charge on any atom is -0.381 e. The second-order valence-electron chi connectivity index (χ2n) is 4.73. The highest BCUT2D eigenvalue weighted by molar-refractivity contribution is 5.59. The number of anilines is 1. The fourth-order valence-corrected chi connectivity index (χ4v) is 3.02. The Bertz CT molecular complexity index is 375. The summed E-state index contributed by atoms with van der Waals surface area (Å²) in [6, 6.07) is 5.72. The molecule has 0 amide bonds. The molecule has 1 aliphatic carbocycles. The van der Waals surface area contributed by atoms with E-state index in [0.29, 0.717) is 12.0 Å². The van der Waals surface area contributed by atoms with Crippen LogP contribution < -0.4 is 5.32 Å². The van der Waals surface area contributed by atoms with Gasteiger partial charge < -0.3 is 5.32 Å². The maximum atomic E-state index is 13.2. The van der Waals surface area contributed by atoms with Gasteiger partial charge in [0.1, 0.15) is 5.82 Å². The van der Waals surface area contributed by atoms with Gasteiger partial charge in [-0.05, 0) is 36.6 Å². The molecule has 0 radical (unpaired) electrons. The molecule has 1 nitrogen and oxygen atoms in total. The van der Waals surface area contributed by atoms with Crippen molar-refractivity contribution in [3.8, 4) is 0 Å². The van der Waals surface area contributed by atoms with Crippen LogP contribution >= 0.6 is 0 Å². The quantitative estimate of drug-likeness (QED) is 0.681. The van der Waals surface area contributed by atoms with Crippen molar-refractivity contribution in [3.63, 3.8) is 0 Å². The van der Waals surface area contributed by atoms with Crippen LogP contribution in [0, 0.1) is 5.82 Å². The van der Waals surface area contributed by atoms with Gasteiger partial charge in [0.05, 0.1) is 0 Å². The Kier molecular flexibility index (Phi) is 2.15. The van der Waals surface area contributed by atoms with Gasteiger partial charge in [-0.25, -0.2) is 4.39 Å². The van der Waals surface area contributed by atoms with Crippen LogP contribution in [-0.2, 0) is 0 Å². The zero-order chi connectivity index (χ0) is 10.3. The summed E-state index contributed by atoms with van der Waals surface area (Å²) in [6.07, 6.45) is 6.39. The first-order chi connectivity index (χ1) is 7.34. The molecule has 1 fully saturated rings. The van der Waals surface area contributed by atoms with Gasteiger partial charge in [0.25, 0.3) is 0 Å². The highest BCUT2D eigenvalue weighted by atomic mass is 19.1. The first-order valence-electron chi connectivity index (χ1n) is 5.90. The minimum atomic E-state index is -0.0968. The van der Waals surface area contributed by atoms with Crippen molar-refractivity contribution < 1.29 is 4.39 Å². The molecule has 1 saturated carbocycles. The fourth-order valence-electron chi connectivity index (χ4n) is 3.02. The summed E-state index contributed by atoms with van der Waals surface area (Å²) in [5.41, 5.74) is 2.37. The topological polar surface area (TPSA) is 12.0 Å². The Morgan fingerprint density at radius 1 is 1.13 bits per heavy atom. The molecule has 0 bridgehead atoms. The molecule has 0 spiro atoms. The molecule has 1 aromatic rings. The number of hydrogen-bond acceptors (Lipinski definition) is 1. The van der Waals surface area contributed by atoms with Crippen molar-refractivity contribution in [2.75, 3.05) is 5.32 Å². The molecular formula is C13H16FN. The van der Waals surface area contributed by atoms with Crippen molar-refractivity contribution in [1.82, 2.24) is 0 Å². The van der Waals surface area contributed by atoms with Crippen molar-refractivity contribution in [3.05, 3.63) is 29.6 Å². The lowest BCUT2D eigenvalue weighted by atomic mass is 9.91. The summed E-state index contributed by atoms with van der Waals surface area (Å²) in [4.78, 5) is 0. The smallest absolute Gasteiger partial charge is 0.123 e. The number of halogens is 1. The molecular weight excluding hydrogens is 189 g/mol. The average molecular weight is 205 g/mol. The summed E-state index contributed by atoms with van der Waals surface area (Å²) in [5.74, 6) is 0.457. The Morgan fingerprint density at radius 2 is 2.00 bits per heavy atom. The molecule has 1 heterocycles. The third-order valence-electron chi connectivity index (χ3n) is 3.77.